The van der Waals surface area contributed by atoms with Crippen LogP contribution in [-0.2, 0) is 9.53 Å². The standard InChI is InChI=1S/C16H23ClN2O3/c1-16(2,19-7-9-21-10-8-19)12-18-15(20)11-22-14-6-4-3-5-13(14)17/h3-6H,7-12H2,1-2H3,(H,18,20). The highest BCUT2D eigenvalue weighted by atomic mass is 35.5. The van der Waals surface area contributed by atoms with E-state index >= 15 is 0 Å². The van der Waals surface area contributed by atoms with Crippen molar-refractivity contribution in [3.63, 3.8) is 0 Å². The minimum absolute atomic E-state index is 0.0388. The van der Waals surface area contributed by atoms with E-state index in [4.69, 9.17) is 21.1 Å². The molecule has 0 radical (unpaired) electrons. The van der Waals surface area contributed by atoms with Crippen molar-refractivity contribution in [2.75, 3.05) is 39.5 Å². The minimum Gasteiger partial charge on any atom is -0.482 e. The first-order valence-corrected chi connectivity index (χ1v) is 7.84. The van der Waals surface area contributed by atoms with Gasteiger partial charge in [0.1, 0.15) is 5.75 Å². The van der Waals surface area contributed by atoms with Crippen molar-refractivity contribution in [3.05, 3.63) is 29.3 Å². The Morgan fingerprint density at radius 2 is 2.05 bits per heavy atom. The Kier molecular flexibility index (Phi) is 6.06. The Hall–Kier alpha value is -1.30. The van der Waals surface area contributed by atoms with Crippen molar-refractivity contribution in [2.24, 2.45) is 0 Å². The fourth-order valence-electron chi connectivity index (χ4n) is 2.35. The van der Waals surface area contributed by atoms with Gasteiger partial charge in [-0.2, -0.15) is 0 Å². The van der Waals surface area contributed by atoms with E-state index in [0.29, 0.717) is 17.3 Å². The number of halogens is 1. The number of nitrogens with one attached hydrogen (secondary N) is 1. The third-order valence-electron chi connectivity index (χ3n) is 3.78. The normalized spacial score (nSPS) is 16.3. The Balaban J connectivity index is 1.76. The summed E-state index contributed by atoms with van der Waals surface area (Å²) in [7, 11) is 0. The average molecular weight is 327 g/mol. The molecule has 22 heavy (non-hydrogen) atoms. The van der Waals surface area contributed by atoms with E-state index in [2.05, 4.69) is 24.1 Å². The molecule has 1 fully saturated rings. The van der Waals surface area contributed by atoms with Crippen LogP contribution in [0.1, 0.15) is 13.8 Å². The van der Waals surface area contributed by atoms with Crippen molar-refractivity contribution in [3.8, 4) is 5.75 Å². The van der Waals surface area contributed by atoms with E-state index in [1.807, 2.05) is 12.1 Å². The van der Waals surface area contributed by atoms with E-state index in [0.717, 1.165) is 26.3 Å². The molecule has 0 aromatic heterocycles. The number of hydrogen-bond acceptors (Lipinski definition) is 4. The molecule has 0 saturated carbocycles. The van der Waals surface area contributed by atoms with Gasteiger partial charge in [0.25, 0.3) is 5.91 Å². The molecule has 5 nitrogen and oxygen atoms in total. The second kappa shape index (κ2) is 7.81. The van der Waals surface area contributed by atoms with Crippen LogP contribution in [0, 0.1) is 0 Å². The smallest absolute Gasteiger partial charge is 0.258 e. The number of para-hydroxylation sites is 1. The molecule has 1 heterocycles. The lowest BCUT2D eigenvalue weighted by molar-refractivity contribution is -0.123. The molecule has 1 aromatic rings. The van der Waals surface area contributed by atoms with Gasteiger partial charge in [-0.1, -0.05) is 23.7 Å². The Bertz CT molecular complexity index is 502. The van der Waals surface area contributed by atoms with Gasteiger partial charge in [-0.15, -0.1) is 0 Å². The topological polar surface area (TPSA) is 50.8 Å². The van der Waals surface area contributed by atoms with Crippen LogP contribution in [0.5, 0.6) is 5.75 Å². The van der Waals surface area contributed by atoms with E-state index in [1.165, 1.54) is 0 Å². The summed E-state index contributed by atoms with van der Waals surface area (Å²) in [6, 6.07) is 7.12. The van der Waals surface area contributed by atoms with Crippen LogP contribution < -0.4 is 10.1 Å². The lowest BCUT2D eigenvalue weighted by atomic mass is 10.0. The largest absolute Gasteiger partial charge is 0.482 e. The molecular formula is C16H23ClN2O3. The number of benzene rings is 1. The predicted molar refractivity (Wildman–Crippen MR) is 86.4 cm³/mol. The van der Waals surface area contributed by atoms with Crippen LogP contribution in [0.3, 0.4) is 0 Å². The van der Waals surface area contributed by atoms with E-state index < -0.39 is 0 Å². The van der Waals surface area contributed by atoms with Gasteiger partial charge < -0.3 is 14.8 Å². The zero-order valence-corrected chi connectivity index (χ0v) is 13.9. The van der Waals surface area contributed by atoms with Gasteiger partial charge in [-0.25, -0.2) is 0 Å². The summed E-state index contributed by atoms with van der Waals surface area (Å²) in [6.07, 6.45) is 0. The average Bonchev–Trinajstić information content (AvgIpc) is 2.53. The molecule has 1 N–H and O–H groups in total. The monoisotopic (exact) mass is 326 g/mol. The maximum absolute atomic E-state index is 11.9. The summed E-state index contributed by atoms with van der Waals surface area (Å²) in [5.41, 5.74) is -0.107. The first-order chi connectivity index (χ1) is 10.5. The number of rotatable bonds is 6. The van der Waals surface area contributed by atoms with Gasteiger partial charge in [-0.05, 0) is 26.0 Å². The lowest BCUT2D eigenvalue weighted by Crippen LogP contribution is -2.55. The third-order valence-corrected chi connectivity index (χ3v) is 4.09. The van der Waals surface area contributed by atoms with Gasteiger partial charge in [0.15, 0.2) is 6.61 Å². The number of nitrogens with zero attached hydrogens (tertiary/aromatic N) is 1. The molecule has 0 aliphatic carbocycles. The molecule has 0 unspecified atom stereocenters. The summed E-state index contributed by atoms with van der Waals surface area (Å²) in [5, 5.41) is 3.42. The third kappa shape index (κ3) is 4.87. The maximum Gasteiger partial charge on any atom is 0.258 e. The second-order valence-electron chi connectivity index (χ2n) is 5.91. The number of morpholine rings is 1. The van der Waals surface area contributed by atoms with Crippen LogP contribution in [0.15, 0.2) is 24.3 Å². The summed E-state index contributed by atoms with van der Waals surface area (Å²) in [5.74, 6) is 0.369. The quantitative estimate of drug-likeness (QED) is 0.868. The van der Waals surface area contributed by atoms with Gasteiger partial charge in [0.2, 0.25) is 0 Å². The first-order valence-electron chi connectivity index (χ1n) is 7.46. The minimum atomic E-state index is -0.152. The molecule has 122 valence electrons. The molecule has 0 spiro atoms. The van der Waals surface area contributed by atoms with Gasteiger partial charge in [-0.3, -0.25) is 9.69 Å². The predicted octanol–water partition coefficient (Wildman–Crippen LogP) is 1.95. The van der Waals surface area contributed by atoms with E-state index in [1.54, 1.807) is 12.1 Å². The summed E-state index contributed by atoms with van der Waals surface area (Å²) in [6.45, 7) is 8.03. The van der Waals surface area contributed by atoms with Crippen molar-refractivity contribution < 1.29 is 14.3 Å². The highest BCUT2D eigenvalue weighted by Gasteiger charge is 2.28. The number of carbonyl (C=O) groups excluding carboxylic acids is 1. The first kappa shape index (κ1) is 17.1. The van der Waals surface area contributed by atoms with Crippen LogP contribution in [-0.4, -0.2) is 55.8 Å². The fraction of sp³-hybridized carbons (Fsp3) is 0.562. The van der Waals surface area contributed by atoms with Gasteiger partial charge in [0, 0.05) is 25.2 Å². The van der Waals surface area contributed by atoms with Gasteiger partial charge in [0.05, 0.1) is 18.2 Å². The zero-order chi connectivity index (χ0) is 16.0. The second-order valence-corrected chi connectivity index (χ2v) is 6.31. The molecule has 6 heteroatoms. The zero-order valence-electron chi connectivity index (χ0n) is 13.1. The van der Waals surface area contributed by atoms with E-state index in [9.17, 15) is 4.79 Å². The SMILES string of the molecule is CC(C)(CNC(=O)COc1ccccc1Cl)N1CCOCC1. The Morgan fingerprint density at radius 3 is 2.73 bits per heavy atom. The molecule has 1 aliphatic rings. The molecule has 0 bridgehead atoms. The maximum atomic E-state index is 11.9. The molecule has 2 rings (SSSR count). The van der Waals surface area contributed by atoms with Crippen LogP contribution >= 0.6 is 11.6 Å². The highest BCUT2D eigenvalue weighted by Crippen LogP contribution is 2.22. The molecule has 1 aromatic carbocycles. The summed E-state index contributed by atoms with van der Waals surface area (Å²) >= 11 is 5.98. The molecular weight excluding hydrogens is 304 g/mol. The number of ether oxygens (including phenoxy) is 2. The van der Waals surface area contributed by atoms with Gasteiger partial charge >= 0.3 is 0 Å². The van der Waals surface area contributed by atoms with Crippen molar-refractivity contribution in [1.82, 2.24) is 10.2 Å². The highest BCUT2D eigenvalue weighted by molar-refractivity contribution is 6.32. The van der Waals surface area contributed by atoms with Crippen molar-refractivity contribution in [2.45, 2.75) is 19.4 Å². The van der Waals surface area contributed by atoms with Crippen LogP contribution in [0.25, 0.3) is 0 Å². The number of hydrogen-bond donors (Lipinski definition) is 1. The summed E-state index contributed by atoms with van der Waals surface area (Å²) < 4.78 is 10.8. The molecule has 0 atom stereocenters. The fourth-order valence-corrected chi connectivity index (χ4v) is 2.54. The van der Waals surface area contributed by atoms with Crippen LogP contribution in [0.2, 0.25) is 5.02 Å². The molecule has 1 amide bonds. The van der Waals surface area contributed by atoms with Crippen LogP contribution in [0.4, 0.5) is 0 Å². The van der Waals surface area contributed by atoms with E-state index in [-0.39, 0.29) is 18.1 Å². The van der Waals surface area contributed by atoms with Crippen molar-refractivity contribution in [1.29, 1.82) is 0 Å². The Labute approximate surface area is 136 Å². The number of amides is 1. The summed E-state index contributed by atoms with van der Waals surface area (Å²) in [4.78, 5) is 14.3. The lowest BCUT2D eigenvalue weighted by Gasteiger charge is -2.40. The molecule has 1 saturated heterocycles. The Morgan fingerprint density at radius 1 is 1.36 bits per heavy atom. The van der Waals surface area contributed by atoms with Crippen molar-refractivity contribution >= 4 is 17.5 Å². The number of carbonyl (C=O) groups is 1. The molecule has 1 aliphatic heterocycles.